The number of methoxy groups -OCH3 is 1. The fraction of sp³-hybridized carbons (Fsp3) is 0.556. The molecule has 0 bridgehead atoms. The summed E-state index contributed by atoms with van der Waals surface area (Å²) in [6, 6.07) is 0.270. The first-order valence-electron chi connectivity index (χ1n) is 4.61. The Bertz CT molecular complexity index is 324. The van der Waals surface area contributed by atoms with Gasteiger partial charge in [-0.1, -0.05) is 6.92 Å². The predicted octanol–water partition coefficient (Wildman–Crippen LogP) is 1.21. The standard InChI is InChI=1S/C9H14N2O4/c1-3-6(4-14-2)10-9-11-7(5-15-9)8(12)13/h5-6H,3-4H2,1-2H3,(H,10,11)(H,12,13). The maximum atomic E-state index is 10.5. The van der Waals surface area contributed by atoms with Crippen molar-refractivity contribution in [1.29, 1.82) is 0 Å². The van der Waals surface area contributed by atoms with E-state index in [9.17, 15) is 4.79 Å². The molecule has 0 aromatic carbocycles. The number of anilines is 1. The second-order valence-electron chi connectivity index (χ2n) is 3.05. The molecule has 0 spiro atoms. The van der Waals surface area contributed by atoms with Crippen LogP contribution >= 0.6 is 0 Å². The second kappa shape index (κ2) is 5.35. The van der Waals surface area contributed by atoms with Crippen molar-refractivity contribution in [3.05, 3.63) is 12.0 Å². The van der Waals surface area contributed by atoms with Crippen LogP contribution in [0, 0.1) is 0 Å². The van der Waals surface area contributed by atoms with E-state index in [1.54, 1.807) is 7.11 Å². The number of carboxylic acids is 1. The minimum atomic E-state index is -1.11. The number of nitrogens with zero attached hydrogens (tertiary/aromatic N) is 1. The molecule has 0 saturated heterocycles. The lowest BCUT2D eigenvalue weighted by atomic mass is 10.2. The highest BCUT2D eigenvalue weighted by Gasteiger charge is 2.13. The second-order valence-corrected chi connectivity index (χ2v) is 3.05. The van der Waals surface area contributed by atoms with Crippen LogP contribution in [0.2, 0.25) is 0 Å². The number of hydrogen-bond donors (Lipinski definition) is 2. The number of aromatic carboxylic acids is 1. The average molecular weight is 214 g/mol. The van der Waals surface area contributed by atoms with E-state index in [1.165, 1.54) is 0 Å². The van der Waals surface area contributed by atoms with E-state index in [0.717, 1.165) is 12.7 Å². The Kier molecular flexibility index (Phi) is 4.11. The van der Waals surface area contributed by atoms with E-state index in [-0.39, 0.29) is 17.8 Å². The molecule has 1 atom stereocenters. The first kappa shape index (κ1) is 11.5. The van der Waals surface area contributed by atoms with Gasteiger partial charge in [0.1, 0.15) is 6.26 Å². The molecule has 1 unspecified atom stereocenters. The van der Waals surface area contributed by atoms with Gasteiger partial charge in [0, 0.05) is 7.11 Å². The minimum Gasteiger partial charge on any atom is -0.476 e. The van der Waals surface area contributed by atoms with Crippen LogP contribution in [-0.4, -0.2) is 35.8 Å². The lowest BCUT2D eigenvalue weighted by Crippen LogP contribution is -2.24. The first-order chi connectivity index (χ1) is 7.17. The van der Waals surface area contributed by atoms with Crippen molar-refractivity contribution in [3.8, 4) is 0 Å². The van der Waals surface area contributed by atoms with E-state index in [4.69, 9.17) is 14.3 Å². The fourth-order valence-electron chi connectivity index (χ4n) is 1.08. The summed E-state index contributed by atoms with van der Waals surface area (Å²) in [5.41, 5.74) is -0.107. The molecular weight excluding hydrogens is 200 g/mol. The highest BCUT2D eigenvalue weighted by atomic mass is 16.5. The van der Waals surface area contributed by atoms with Gasteiger partial charge in [0.05, 0.1) is 12.6 Å². The molecule has 15 heavy (non-hydrogen) atoms. The molecule has 1 heterocycles. The number of oxazole rings is 1. The van der Waals surface area contributed by atoms with Crippen LogP contribution in [0.15, 0.2) is 10.7 Å². The van der Waals surface area contributed by atoms with Crippen molar-refractivity contribution >= 4 is 12.0 Å². The summed E-state index contributed by atoms with van der Waals surface area (Å²) < 4.78 is 9.92. The van der Waals surface area contributed by atoms with E-state index in [0.29, 0.717) is 6.61 Å². The lowest BCUT2D eigenvalue weighted by Gasteiger charge is -2.13. The summed E-state index contributed by atoms with van der Waals surface area (Å²) in [4.78, 5) is 14.3. The van der Waals surface area contributed by atoms with Gasteiger partial charge < -0.3 is 19.6 Å². The highest BCUT2D eigenvalue weighted by Crippen LogP contribution is 2.10. The molecular formula is C9H14N2O4. The molecule has 0 amide bonds. The molecule has 0 radical (unpaired) electrons. The number of nitrogens with one attached hydrogen (secondary N) is 1. The van der Waals surface area contributed by atoms with Crippen molar-refractivity contribution in [2.24, 2.45) is 0 Å². The van der Waals surface area contributed by atoms with Gasteiger partial charge in [0.25, 0.3) is 6.01 Å². The van der Waals surface area contributed by atoms with Gasteiger partial charge in [0.2, 0.25) is 0 Å². The normalized spacial score (nSPS) is 12.4. The van der Waals surface area contributed by atoms with Gasteiger partial charge in [-0.05, 0) is 6.42 Å². The first-order valence-corrected chi connectivity index (χ1v) is 4.61. The van der Waals surface area contributed by atoms with E-state index in [2.05, 4.69) is 10.3 Å². The Balaban J connectivity index is 2.59. The number of hydrogen-bond acceptors (Lipinski definition) is 5. The zero-order valence-electron chi connectivity index (χ0n) is 8.69. The third-order valence-corrected chi connectivity index (χ3v) is 1.91. The van der Waals surface area contributed by atoms with Crippen LogP contribution in [0.3, 0.4) is 0 Å². The monoisotopic (exact) mass is 214 g/mol. The number of ether oxygens (including phenoxy) is 1. The molecule has 2 N–H and O–H groups in total. The molecule has 1 aromatic rings. The van der Waals surface area contributed by atoms with Crippen molar-refractivity contribution in [2.45, 2.75) is 19.4 Å². The highest BCUT2D eigenvalue weighted by molar-refractivity contribution is 5.85. The molecule has 0 fully saturated rings. The zero-order chi connectivity index (χ0) is 11.3. The molecule has 6 heteroatoms. The van der Waals surface area contributed by atoms with Crippen LogP contribution in [0.4, 0.5) is 6.01 Å². The Labute approximate surface area is 87.3 Å². The molecule has 1 rings (SSSR count). The molecule has 84 valence electrons. The van der Waals surface area contributed by atoms with Gasteiger partial charge in [-0.2, -0.15) is 4.98 Å². The van der Waals surface area contributed by atoms with Gasteiger partial charge in [-0.3, -0.25) is 0 Å². The maximum absolute atomic E-state index is 10.5. The Morgan fingerprint density at radius 3 is 3.00 bits per heavy atom. The van der Waals surface area contributed by atoms with Crippen LogP contribution < -0.4 is 5.32 Å². The zero-order valence-corrected chi connectivity index (χ0v) is 8.69. The average Bonchev–Trinajstić information content (AvgIpc) is 2.65. The van der Waals surface area contributed by atoms with Crippen molar-refractivity contribution < 1.29 is 19.1 Å². The summed E-state index contributed by atoms with van der Waals surface area (Å²) in [6.07, 6.45) is 1.93. The number of carbonyl (C=O) groups is 1. The van der Waals surface area contributed by atoms with Gasteiger partial charge in [-0.25, -0.2) is 4.79 Å². The Hall–Kier alpha value is -1.56. The molecule has 0 aliphatic rings. The topological polar surface area (TPSA) is 84.6 Å². The summed E-state index contributed by atoms with van der Waals surface area (Å²) in [5, 5.41) is 11.6. The van der Waals surface area contributed by atoms with E-state index >= 15 is 0 Å². The summed E-state index contributed by atoms with van der Waals surface area (Å²) in [7, 11) is 1.60. The van der Waals surface area contributed by atoms with Crippen LogP contribution in [0.25, 0.3) is 0 Å². The third kappa shape index (κ3) is 3.25. The van der Waals surface area contributed by atoms with Gasteiger partial charge in [0.15, 0.2) is 5.69 Å². The summed E-state index contributed by atoms with van der Waals surface area (Å²) in [6.45, 7) is 2.50. The SMILES string of the molecule is CCC(COC)Nc1nc(C(=O)O)co1. The van der Waals surface area contributed by atoms with Crippen molar-refractivity contribution in [3.63, 3.8) is 0 Å². The van der Waals surface area contributed by atoms with Crippen LogP contribution in [0.5, 0.6) is 0 Å². The van der Waals surface area contributed by atoms with Gasteiger partial charge in [-0.15, -0.1) is 0 Å². The third-order valence-electron chi connectivity index (χ3n) is 1.91. The summed E-state index contributed by atoms with van der Waals surface area (Å²) >= 11 is 0. The van der Waals surface area contributed by atoms with Crippen molar-refractivity contribution in [1.82, 2.24) is 4.98 Å². The minimum absolute atomic E-state index is 0.0651. The molecule has 6 nitrogen and oxygen atoms in total. The maximum Gasteiger partial charge on any atom is 0.357 e. The van der Waals surface area contributed by atoms with Crippen molar-refractivity contribution in [2.75, 3.05) is 19.0 Å². The Morgan fingerprint density at radius 1 is 1.80 bits per heavy atom. The van der Waals surface area contributed by atoms with E-state index < -0.39 is 5.97 Å². The van der Waals surface area contributed by atoms with Crippen LogP contribution in [0.1, 0.15) is 23.8 Å². The number of aromatic nitrogens is 1. The number of rotatable bonds is 6. The fourth-order valence-corrected chi connectivity index (χ4v) is 1.08. The number of carboxylic acid groups (broad SMARTS) is 1. The largest absolute Gasteiger partial charge is 0.476 e. The molecule has 1 aromatic heterocycles. The van der Waals surface area contributed by atoms with Gasteiger partial charge >= 0.3 is 5.97 Å². The molecule has 0 saturated carbocycles. The molecule has 0 aliphatic carbocycles. The Morgan fingerprint density at radius 2 is 2.53 bits per heavy atom. The lowest BCUT2D eigenvalue weighted by molar-refractivity contribution is 0.0690. The quantitative estimate of drug-likeness (QED) is 0.740. The summed E-state index contributed by atoms with van der Waals surface area (Å²) in [5.74, 6) is -1.11. The smallest absolute Gasteiger partial charge is 0.357 e. The van der Waals surface area contributed by atoms with Crippen LogP contribution in [-0.2, 0) is 4.74 Å². The predicted molar refractivity (Wildman–Crippen MR) is 53.0 cm³/mol. The molecule has 0 aliphatic heterocycles. The van der Waals surface area contributed by atoms with E-state index in [1.807, 2.05) is 6.92 Å².